The van der Waals surface area contributed by atoms with Gasteiger partial charge in [0.25, 0.3) is 0 Å². The number of guanidine groups is 1. The average molecular weight is 531 g/mol. The van der Waals surface area contributed by atoms with Crippen LogP contribution in [-0.2, 0) is 9.47 Å². The van der Waals surface area contributed by atoms with Gasteiger partial charge >= 0.3 is 0 Å². The summed E-state index contributed by atoms with van der Waals surface area (Å²) in [4.78, 5) is 6.98. The highest BCUT2D eigenvalue weighted by Crippen LogP contribution is 2.19. The number of halogens is 1. The molecule has 1 aromatic rings. The lowest BCUT2D eigenvalue weighted by atomic mass is 10.1. The molecule has 2 atom stereocenters. The smallest absolute Gasteiger partial charge is 0.194 e. The third-order valence-electron chi connectivity index (χ3n) is 5.74. The maximum atomic E-state index is 10.5. The fourth-order valence-corrected chi connectivity index (χ4v) is 3.91. The normalized spacial score (nSPS) is 21.8. The van der Waals surface area contributed by atoms with Crippen molar-refractivity contribution in [2.45, 2.75) is 64.3 Å². The van der Waals surface area contributed by atoms with Gasteiger partial charge in [-0.15, -0.1) is 24.0 Å². The molecule has 7 heteroatoms. The molecule has 2 heterocycles. The molecule has 3 rings (SSSR count). The van der Waals surface area contributed by atoms with Crippen LogP contribution < -0.4 is 5.32 Å². The van der Waals surface area contributed by atoms with Crippen LogP contribution in [0.15, 0.2) is 29.3 Å². The fourth-order valence-electron chi connectivity index (χ4n) is 3.91. The van der Waals surface area contributed by atoms with Crippen molar-refractivity contribution in [1.29, 1.82) is 0 Å². The van der Waals surface area contributed by atoms with Crippen LogP contribution in [-0.4, -0.2) is 67.6 Å². The minimum absolute atomic E-state index is 0. The molecule has 2 aliphatic heterocycles. The van der Waals surface area contributed by atoms with E-state index in [0.29, 0.717) is 12.6 Å². The number of aliphatic hydroxyl groups excluding tert-OH is 1. The summed E-state index contributed by atoms with van der Waals surface area (Å²) in [5.41, 5.74) is 2.10. The van der Waals surface area contributed by atoms with E-state index >= 15 is 0 Å². The van der Waals surface area contributed by atoms with Gasteiger partial charge in [-0.25, -0.2) is 0 Å². The van der Waals surface area contributed by atoms with Crippen LogP contribution >= 0.6 is 24.0 Å². The van der Waals surface area contributed by atoms with E-state index in [1.807, 2.05) is 31.2 Å². The molecule has 2 saturated heterocycles. The number of ether oxygens (including phenoxy) is 2. The first kappa shape index (κ1) is 25.4. The van der Waals surface area contributed by atoms with Gasteiger partial charge in [0.2, 0.25) is 0 Å². The fraction of sp³-hybridized carbons (Fsp3) is 0.696. The van der Waals surface area contributed by atoms with Crippen molar-refractivity contribution in [3.05, 3.63) is 35.4 Å². The number of piperidine rings is 1. The lowest BCUT2D eigenvalue weighted by Gasteiger charge is -2.35. The molecule has 0 aliphatic carbocycles. The van der Waals surface area contributed by atoms with Crippen LogP contribution in [0.4, 0.5) is 0 Å². The minimum Gasteiger partial charge on any atom is -0.386 e. The van der Waals surface area contributed by atoms with Crippen molar-refractivity contribution in [1.82, 2.24) is 10.2 Å². The number of nitrogens with one attached hydrogen (secondary N) is 1. The molecule has 0 saturated carbocycles. The molecular formula is C23H38IN3O3. The van der Waals surface area contributed by atoms with E-state index in [0.717, 1.165) is 63.6 Å². The van der Waals surface area contributed by atoms with Gasteiger partial charge in [-0.05, 0) is 51.5 Å². The van der Waals surface area contributed by atoms with Crippen LogP contribution in [0.1, 0.15) is 56.3 Å². The third-order valence-corrected chi connectivity index (χ3v) is 5.74. The van der Waals surface area contributed by atoms with E-state index in [1.54, 1.807) is 0 Å². The molecule has 0 bridgehead atoms. The number of rotatable bonds is 7. The van der Waals surface area contributed by atoms with Crippen molar-refractivity contribution in [2.75, 3.05) is 39.4 Å². The summed E-state index contributed by atoms with van der Waals surface area (Å²) in [6, 6.07) is 8.00. The lowest BCUT2D eigenvalue weighted by molar-refractivity contribution is -0.0721. The summed E-state index contributed by atoms with van der Waals surface area (Å²) in [5, 5.41) is 13.8. The summed E-state index contributed by atoms with van der Waals surface area (Å²) < 4.78 is 11.9. The quantitative estimate of drug-likeness (QED) is 0.320. The van der Waals surface area contributed by atoms with Gasteiger partial charge in [-0.1, -0.05) is 29.8 Å². The Bertz CT molecular complexity index is 627. The van der Waals surface area contributed by atoms with E-state index in [2.05, 4.69) is 17.1 Å². The zero-order valence-electron chi connectivity index (χ0n) is 18.4. The molecule has 2 fully saturated rings. The number of aryl methyl sites for hydroxylation is 1. The monoisotopic (exact) mass is 531 g/mol. The highest BCUT2D eigenvalue weighted by molar-refractivity contribution is 14.0. The van der Waals surface area contributed by atoms with E-state index < -0.39 is 6.10 Å². The van der Waals surface area contributed by atoms with Gasteiger partial charge in [0.05, 0.1) is 31.5 Å². The molecule has 0 amide bonds. The zero-order valence-corrected chi connectivity index (χ0v) is 20.7. The van der Waals surface area contributed by atoms with Crippen LogP contribution in [0.3, 0.4) is 0 Å². The second kappa shape index (κ2) is 13.5. The number of aliphatic hydroxyl groups is 1. The Hall–Kier alpha value is -0.900. The second-order valence-corrected chi connectivity index (χ2v) is 8.13. The summed E-state index contributed by atoms with van der Waals surface area (Å²) in [7, 11) is 0. The van der Waals surface area contributed by atoms with Crippen molar-refractivity contribution in [3.8, 4) is 0 Å². The number of benzene rings is 1. The van der Waals surface area contributed by atoms with Crippen LogP contribution in [0.5, 0.6) is 0 Å². The van der Waals surface area contributed by atoms with Gasteiger partial charge in [0.1, 0.15) is 0 Å². The van der Waals surface area contributed by atoms with E-state index in [4.69, 9.17) is 14.5 Å². The Kier molecular flexibility index (Phi) is 11.4. The van der Waals surface area contributed by atoms with Crippen LogP contribution in [0, 0.1) is 6.92 Å². The molecule has 0 spiro atoms. The van der Waals surface area contributed by atoms with Gasteiger partial charge in [-0.2, -0.15) is 0 Å². The minimum atomic E-state index is -0.583. The van der Waals surface area contributed by atoms with Crippen LogP contribution in [0.2, 0.25) is 0 Å². The van der Waals surface area contributed by atoms with Crippen molar-refractivity contribution < 1.29 is 14.6 Å². The first-order valence-corrected chi connectivity index (χ1v) is 11.2. The second-order valence-electron chi connectivity index (χ2n) is 8.13. The van der Waals surface area contributed by atoms with Gasteiger partial charge in [0.15, 0.2) is 5.96 Å². The Morgan fingerprint density at radius 2 is 1.97 bits per heavy atom. The number of nitrogens with zero attached hydrogens (tertiary/aromatic N) is 2. The van der Waals surface area contributed by atoms with E-state index in [1.165, 1.54) is 18.4 Å². The molecule has 2 N–H and O–H groups in total. The van der Waals surface area contributed by atoms with E-state index in [-0.39, 0.29) is 30.1 Å². The summed E-state index contributed by atoms with van der Waals surface area (Å²) >= 11 is 0. The molecule has 2 unspecified atom stereocenters. The molecule has 2 aliphatic rings. The Morgan fingerprint density at radius 3 is 2.60 bits per heavy atom. The highest BCUT2D eigenvalue weighted by Gasteiger charge is 2.24. The molecule has 170 valence electrons. The van der Waals surface area contributed by atoms with Crippen molar-refractivity contribution >= 4 is 29.9 Å². The first-order valence-electron chi connectivity index (χ1n) is 11.2. The van der Waals surface area contributed by atoms with Gasteiger partial charge in [-0.3, -0.25) is 4.99 Å². The number of aliphatic imine (C=N–C) groups is 1. The Morgan fingerprint density at radius 1 is 1.23 bits per heavy atom. The first-order chi connectivity index (χ1) is 14.2. The topological polar surface area (TPSA) is 66.3 Å². The maximum Gasteiger partial charge on any atom is 0.194 e. The predicted octanol–water partition coefficient (Wildman–Crippen LogP) is 3.66. The van der Waals surface area contributed by atoms with E-state index in [9.17, 15) is 5.11 Å². The summed E-state index contributed by atoms with van der Waals surface area (Å²) in [6.07, 6.45) is 5.56. The predicted molar refractivity (Wildman–Crippen MR) is 132 cm³/mol. The lowest BCUT2D eigenvalue weighted by Crippen LogP contribution is -2.47. The Labute approximate surface area is 198 Å². The molecule has 6 nitrogen and oxygen atoms in total. The molecule has 0 aromatic heterocycles. The van der Waals surface area contributed by atoms with Crippen molar-refractivity contribution in [2.24, 2.45) is 4.99 Å². The zero-order chi connectivity index (χ0) is 20.5. The molecule has 30 heavy (non-hydrogen) atoms. The third kappa shape index (κ3) is 7.98. The SMILES string of the molecule is CCNC(=NCC(O)c1ccc(C)cc1)N1CCC(OCC2CCCCO2)CC1.I. The molecule has 1 aromatic carbocycles. The summed E-state index contributed by atoms with van der Waals surface area (Å²) in [5.74, 6) is 0.882. The number of hydrogen-bond acceptors (Lipinski definition) is 4. The van der Waals surface area contributed by atoms with Crippen LogP contribution in [0.25, 0.3) is 0 Å². The largest absolute Gasteiger partial charge is 0.386 e. The van der Waals surface area contributed by atoms with Gasteiger partial charge in [0, 0.05) is 26.2 Å². The molecule has 0 radical (unpaired) electrons. The Balaban J connectivity index is 0.00000320. The molecular weight excluding hydrogens is 493 g/mol. The number of likely N-dealkylation sites (tertiary alicyclic amines) is 1. The summed E-state index contributed by atoms with van der Waals surface area (Å²) in [6.45, 7) is 8.74. The average Bonchev–Trinajstić information content (AvgIpc) is 2.76. The number of hydrogen-bond donors (Lipinski definition) is 2. The van der Waals surface area contributed by atoms with Gasteiger partial charge < -0.3 is 24.8 Å². The maximum absolute atomic E-state index is 10.5. The standard InChI is InChI=1S/C23H37N3O3.HI/c1-3-24-23(25-16-22(27)19-9-7-18(2)8-10-19)26-13-11-20(12-14-26)29-17-21-6-4-5-15-28-21;/h7-10,20-22,27H,3-6,11-17H2,1-2H3,(H,24,25);1H. The highest BCUT2D eigenvalue weighted by atomic mass is 127. The van der Waals surface area contributed by atoms with Crippen molar-refractivity contribution in [3.63, 3.8) is 0 Å².